The lowest BCUT2D eigenvalue weighted by molar-refractivity contribution is 0.243. The molecular weight excluding hydrogens is 176 g/mol. The van der Waals surface area contributed by atoms with Crippen molar-refractivity contribution in [3.8, 4) is 0 Å². The molecule has 1 N–H and O–H groups in total. The topological polar surface area (TPSA) is 49.4 Å². The highest BCUT2D eigenvalue weighted by Crippen LogP contribution is 2.23. The predicted octanol–water partition coefficient (Wildman–Crippen LogP) is -1.28. The van der Waals surface area contributed by atoms with Gasteiger partial charge in [0.1, 0.15) is 0 Å². The highest BCUT2D eigenvalue weighted by Gasteiger charge is 2.38. The summed E-state index contributed by atoms with van der Waals surface area (Å²) >= 11 is 0. The van der Waals surface area contributed by atoms with E-state index in [2.05, 4.69) is 10.2 Å². The van der Waals surface area contributed by atoms with Crippen LogP contribution in [0.5, 0.6) is 0 Å². The van der Waals surface area contributed by atoms with E-state index >= 15 is 0 Å². The Morgan fingerprint density at radius 2 is 2.00 bits per heavy atom. The van der Waals surface area contributed by atoms with Gasteiger partial charge in [0.2, 0.25) is 10.3 Å². The van der Waals surface area contributed by atoms with Crippen molar-refractivity contribution in [2.75, 3.05) is 26.2 Å². The summed E-state index contributed by atoms with van der Waals surface area (Å²) in [5.74, 6) is 0. The lowest BCUT2D eigenvalue weighted by Crippen LogP contribution is -2.45. The Kier molecular flexibility index (Phi) is 2.16. The zero-order chi connectivity index (χ0) is 8.55. The van der Waals surface area contributed by atoms with E-state index in [1.165, 1.54) is 0 Å². The number of rotatable bonds is 1. The van der Waals surface area contributed by atoms with E-state index in [0.29, 0.717) is 4.86 Å². The third-order valence-corrected chi connectivity index (χ3v) is 3.28. The van der Waals surface area contributed by atoms with Gasteiger partial charge in [0.25, 0.3) is 0 Å². The first kappa shape index (κ1) is 8.22. The molecule has 2 aliphatic rings. The first-order valence-electron chi connectivity index (χ1n) is 4.19. The molecule has 1 heterocycles. The van der Waals surface area contributed by atoms with Crippen molar-refractivity contribution < 1.29 is 8.42 Å². The van der Waals surface area contributed by atoms with E-state index in [-0.39, 0.29) is 6.04 Å². The SMILES string of the molecule is O=S(=O)=C1CC1N1CCNCC1. The molecule has 0 aromatic rings. The van der Waals surface area contributed by atoms with Gasteiger partial charge in [0.15, 0.2) is 0 Å². The Balaban J connectivity index is 2.00. The Morgan fingerprint density at radius 3 is 2.50 bits per heavy atom. The van der Waals surface area contributed by atoms with E-state index in [9.17, 15) is 8.42 Å². The van der Waals surface area contributed by atoms with Crippen molar-refractivity contribution in [2.45, 2.75) is 12.5 Å². The molecule has 0 aromatic heterocycles. The molecule has 68 valence electrons. The summed E-state index contributed by atoms with van der Waals surface area (Å²) in [6.45, 7) is 3.92. The fraction of sp³-hybridized carbons (Fsp3) is 0.857. The molecule has 1 atom stereocenters. The van der Waals surface area contributed by atoms with Crippen LogP contribution in [0.25, 0.3) is 0 Å². The molecule has 0 aromatic carbocycles. The van der Waals surface area contributed by atoms with Gasteiger partial charge in [-0.25, -0.2) is 0 Å². The smallest absolute Gasteiger partial charge is 0.214 e. The molecule has 1 aliphatic carbocycles. The summed E-state index contributed by atoms with van der Waals surface area (Å²) in [6.07, 6.45) is 0.760. The molecule has 1 saturated carbocycles. The predicted molar refractivity (Wildman–Crippen MR) is 46.8 cm³/mol. The Hall–Kier alpha value is -0.390. The van der Waals surface area contributed by atoms with Gasteiger partial charge in [-0.2, -0.15) is 8.42 Å². The quantitative estimate of drug-likeness (QED) is 0.520. The summed E-state index contributed by atoms with van der Waals surface area (Å²) in [4.78, 5) is 2.93. The van der Waals surface area contributed by atoms with E-state index in [0.717, 1.165) is 32.6 Å². The Morgan fingerprint density at radius 1 is 1.33 bits per heavy atom. The summed E-state index contributed by atoms with van der Waals surface area (Å²) < 4.78 is 21.1. The average Bonchev–Trinajstić information content (AvgIpc) is 2.84. The van der Waals surface area contributed by atoms with E-state index in [4.69, 9.17) is 0 Å². The fourth-order valence-electron chi connectivity index (χ4n) is 1.64. The Labute approximate surface area is 73.1 Å². The molecule has 0 bridgehead atoms. The molecule has 0 radical (unpaired) electrons. The van der Waals surface area contributed by atoms with Gasteiger partial charge in [-0.1, -0.05) is 0 Å². The largest absolute Gasteiger partial charge is 0.314 e. The van der Waals surface area contributed by atoms with Crippen molar-refractivity contribution in [1.82, 2.24) is 10.2 Å². The summed E-state index contributed by atoms with van der Waals surface area (Å²) in [5, 5.41) is 3.24. The third kappa shape index (κ3) is 1.53. The van der Waals surface area contributed by atoms with Crippen LogP contribution in [0.15, 0.2) is 0 Å². The molecule has 5 heteroatoms. The van der Waals surface area contributed by atoms with Crippen LogP contribution in [0.2, 0.25) is 0 Å². The van der Waals surface area contributed by atoms with Gasteiger partial charge in [-0.15, -0.1) is 0 Å². The molecule has 4 nitrogen and oxygen atoms in total. The average molecular weight is 188 g/mol. The van der Waals surface area contributed by atoms with Crippen LogP contribution in [0.3, 0.4) is 0 Å². The summed E-state index contributed by atoms with van der Waals surface area (Å²) in [7, 11) is -1.93. The van der Waals surface area contributed by atoms with Crippen LogP contribution in [0.4, 0.5) is 0 Å². The Bertz CT molecular complexity index is 295. The second kappa shape index (κ2) is 3.16. The van der Waals surface area contributed by atoms with E-state index in [1.807, 2.05) is 0 Å². The van der Waals surface area contributed by atoms with Gasteiger partial charge in [0, 0.05) is 32.6 Å². The first-order chi connectivity index (χ1) is 5.79. The van der Waals surface area contributed by atoms with Crippen LogP contribution in [-0.2, 0) is 10.3 Å². The standard InChI is InChI=1S/C7H12N2O2S/c10-12(11)7-5-6(7)9-3-1-8-2-4-9/h6,8H,1-5H2. The first-order valence-corrected chi connectivity index (χ1v) is 5.26. The van der Waals surface area contributed by atoms with Crippen LogP contribution in [-0.4, -0.2) is 50.4 Å². The maximum absolute atomic E-state index is 10.5. The van der Waals surface area contributed by atoms with Crippen molar-refractivity contribution in [3.63, 3.8) is 0 Å². The van der Waals surface area contributed by atoms with Crippen LogP contribution in [0.1, 0.15) is 6.42 Å². The number of nitrogens with zero attached hydrogens (tertiary/aromatic N) is 1. The van der Waals surface area contributed by atoms with Gasteiger partial charge < -0.3 is 5.32 Å². The van der Waals surface area contributed by atoms with Crippen LogP contribution >= 0.6 is 0 Å². The molecule has 12 heavy (non-hydrogen) atoms. The summed E-state index contributed by atoms with van der Waals surface area (Å²) in [6, 6.07) is 0.241. The molecule has 0 amide bonds. The number of nitrogens with one attached hydrogen (secondary N) is 1. The van der Waals surface area contributed by atoms with Crippen molar-refractivity contribution >= 4 is 15.2 Å². The highest BCUT2D eigenvalue weighted by atomic mass is 32.2. The third-order valence-electron chi connectivity index (χ3n) is 2.41. The highest BCUT2D eigenvalue weighted by molar-refractivity contribution is 7.73. The number of hydrogen-bond donors (Lipinski definition) is 1. The van der Waals surface area contributed by atoms with Gasteiger partial charge in [-0.05, 0) is 0 Å². The normalized spacial score (nSPS) is 30.3. The second-order valence-electron chi connectivity index (χ2n) is 3.21. The molecule has 1 unspecified atom stereocenters. The molecular formula is C7H12N2O2S. The van der Waals surface area contributed by atoms with Crippen molar-refractivity contribution in [1.29, 1.82) is 0 Å². The maximum Gasteiger partial charge on any atom is 0.214 e. The van der Waals surface area contributed by atoms with E-state index in [1.54, 1.807) is 0 Å². The zero-order valence-corrected chi connectivity index (χ0v) is 7.60. The van der Waals surface area contributed by atoms with E-state index < -0.39 is 10.3 Å². The molecule has 1 aliphatic heterocycles. The second-order valence-corrected chi connectivity index (χ2v) is 4.20. The van der Waals surface area contributed by atoms with Crippen molar-refractivity contribution in [2.24, 2.45) is 0 Å². The van der Waals surface area contributed by atoms with Gasteiger partial charge in [-0.3, -0.25) is 4.90 Å². The van der Waals surface area contributed by atoms with Gasteiger partial charge >= 0.3 is 0 Å². The zero-order valence-electron chi connectivity index (χ0n) is 6.78. The summed E-state index contributed by atoms with van der Waals surface area (Å²) in [5.41, 5.74) is 0. The molecule has 2 fully saturated rings. The van der Waals surface area contributed by atoms with Crippen LogP contribution in [0, 0.1) is 0 Å². The minimum absolute atomic E-state index is 0.241. The minimum atomic E-state index is -1.93. The lowest BCUT2D eigenvalue weighted by atomic mass is 10.3. The molecule has 1 saturated heterocycles. The number of piperazine rings is 1. The number of hydrogen-bond acceptors (Lipinski definition) is 4. The molecule has 2 rings (SSSR count). The van der Waals surface area contributed by atoms with Gasteiger partial charge in [0.05, 0.1) is 10.9 Å². The minimum Gasteiger partial charge on any atom is -0.314 e. The van der Waals surface area contributed by atoms with Crippen LogP contribution < -0.4 is 5.32 Å². The maximum atomic E-state index is 10.5. The lowest BCUT2D eigenvalue weighted by Gasteiger charge is -2.26. The molecule has 0 spiro atoms. The monoisotopic (exact) mass is 188 g/mol. The fourth-order valence-corrected chi connectivity index (χ4v) is 2.30. The van der Waals surface area contributed by atoms with Crippen molar-refractivity contribution in [3.05, 3.63) is 0 Å².